The van der Waals surface area contributed by atoms with Gasteiger partial charge in [0, 0.05) is 11.8 Å². The van der Waals surface area contributed by atoms with Gasteiger partial charge in [0.05, 0.1) is 40.0 Å². The Bertz CT molecular complexity index is 206. The van der Waals surface area contributed by atoms with Gasteiger partial charge in [-0.2, -0.15) is 0 Å². The number of alkyl halides is 1. The lowest BCUT2D eigenvalue weighted by Gasteiger charge is -2.34. The Morgan fingerprint density at radius 1 is 1.00 bits per heavy atom. The van der Waals surface area contributed by atoms with E-state index in [1.165, 1.54) is 6.42 Å². The number of ether oxygens (including phenoxy) is 2. The summed E-state index contributed by atoms with van der Waals surface area (Å²) in [5.74, 6) is 0. The topological polar surface area (TPSA) is 18.5 Å². The van der Waals surface area contributed by atoms with Crippen molar-refractivity contribution in [3.63, 3.8) is 0 Å². The molecule has 0 amide bonds. The maximum atomic E-state index is 5.48. The lowest BCUT2D eigenvalue weighted by Crippen LogP contribution is -2.49. The van der Waals surface area contributed by atoms with E-state index < -0.39 is 0 Å². The molecule has 0 aromatic heterocycles. The van der Waals surface area contributed by atoms with Crippen molar-refractivity contribution >= 4 is 15.9 Å². The highest BCUT2D eigenvalue weighted by molar-refractivity contribution is 9.09. The van der Waals surface area contributed by atoms with Crippen LogP contribution in [0.15, 0.2) is 25.3 Å². The van der Waals surface area contributed by atoms with Gasteiger partial charge in [-0.3, -0.25) is 0 Å². The normalized spacial score (nSPS) is 11.4. The third-order valence-electron chi connectivity index (χ3n) is 2.85. The van der Waals surface area contributed by atoms with Gasteiger partial charge in [-0.15, -0.1) is 13.2 Å². The molecule has 0 spiro atoms. The fourth-order valence-electron chi connectivity index (χ4n) is 1.68. The molecular formula is C14H27BrNO2+. The van der Waals surface area contributed by atoms with Crippen LogP contribution in [0.4, 0.5) is 0 Å². The van der Waals surface area contributed by atoms with E-state index in [0.29, 0.717) is 13.2 Å². The van der Waals surface area contributed by atoms with Crippen molar-refractivity contribution in [1.29, 1.82) is 0 Å². The number of nitrogens with zero attached hydrogens (tertiary/aromatic N) is 1. The number of halogens is 1. The van der Waals surface area contributed by atoms with Crippen LogP contribution in [0.1, 0.15) is 6.42 Å². The molecule has 0 saturated carbocycles. The van der Waals surface area contributed by atoms with Crippen molar-refractivity contribution in [2.24, 2.45) is 0 Å². The van der Waals surface area contributed by atoms with E-state index in [0.717, 1.165) is 42.7 Å². The van der Waals surface area contributed by atoms with Gasteiger partial charge in [0.25, 0.3) is 0 Å². The molecule has 0 N–H and O–H groups in total. The molecule has 0 radical (unpaired) electrons. The summed E-state index contributed by atoms with van der Waals surface area (Å²) < 4.78 is 12.0. The Morgan fingerprint density at radius 3 is 1.89 bits per heavy atom. The first-order chi connectivity index (χ1) is 8.68. The van der Waals surface area contributed by atoms with Gasteiger partial charge in [-0.25, -0.2) is 0 Å². The SMILES string of the molecule is C=CCOCC[N+](C)(CCCBr)CCOCC=C. The molecular weight excluding hydrogens is 294 g/mol. The predicted octanol–water partition coefficient (Wildman–Crippen LogP) is 2.62. The smallest absolute Gasteiger partial charge is 0.102 e. The summed E-state index contributed by atoms with van der Waals surface area (Å²) in [4.78, 5) is 0. The molecule has 18 heavy (non-hydrogen) atoms. The maximum Gasteiger partial charge on any atom is 0.102 e. The summed E-state index contributed by atoms with van der Waals surface area (Å²) in [5, 5.41) is 1.04. The minimum absolute atomic E-state index is 0.630. The van der Waals surface area contributed by atoms with Crippen LogP contribution in [0.2, 0.25) is 0 Å². The lowest BCUT2D eigenvalue weighted by molar-refractivity contribution is -0.910. The standard InChI is InChI=1S/C14H27BrNO2/c1-4-11-17-13-9-16(3,8-6-7-15)10-14-18-12-5-2/h4-5H,1-2,6-14H2,3H3/q+1. The molecule has 0 aliphatic carbocycles. The van der Waals surface area contributed by atoms with E-state index in [-0.39, 0.29) is 0 Å². The fourth-order valence-corrected chi connectivity index (χ4v) is 1.93. The number of hydrogen-bond donors (Lipinski definition) is 0. The molecule has 0 fully saturated rings. The zero-order valence-electron chi connectivity index (χ0n) is 11.6. The van der Waals surface area contributed by atoms with Gasteiger partial charge in [-0.1, -0.05) is 28.1 Å². The highest BCUT2D eigenvalue weighted by Gasteiger charge is 2.20. The van der Waals surface area contributed by atoms with E-state index in [2.05, 4.69) is 36.1 Å². The minimum atomic E-state index is 0.630. The van der Waals surface area contributed by atoms with Crippen LogP contribution in [0.5, 0.6) is 0 Å². The quantitative estimate of drug-likeness (QED) is 0.225. The Balaban J connectivity index is 3.97. The predicted molar refractivity (Wildman–Crippen MR) is 81.2 cm³/mol. The molecule has 0 aliphatic heterocycles. The van der Waals surface area contributed by atoms with Gasteiger partial charge >= 0.3 is 0 Å². The van der Waals surface area contributed by atoms with Crippen molar-refractivity contribution in [3.8, 4) is 0 Å². The zero-order valence-corrected chi connectivity index (χ0v) is 13.2. The van der Waals surface area contributed by atoms with Crippen LogP contribution < -0.4 is 0 Å². The summed E-state index contributed by atoms with van der Waals surface area (Å²) in [5.41, 5.74) is 0. The highest BCUT2D eigenvalue weighted by atomic mass is 79.9. The van der Waals surface area contributed by atoms with Crippen LogP contribution in [0.3, 0.4) is 0 Å². The third-order valence-corrected chi connectivity index (χ3v) is 3.41. The summed E-state index contributed by atoms with van der Waals surface area (Å²) in [7, 11) is 2.26. The first kappa shape index (κ1) is 17.8. The maximum absolute atomic E-state index is 5.48. The van der Waals surface area contributed by atoms with Crippen molar-refractivity contribution < 1.29 is 14.0 Å². The van der Waals surface area contributed by atoms with Crippen LogP contribution >= 0.6 is 15.9 Å². The Hall–Kier alpha value is -0.160. The fraction of sp³-hybridized carbons (Fsp3) is 0.714. The lowest BCUT2D eigenvalue weighted by atomic mass is 10.3. The zero-order chi connectivity index (χ0) is 13.7. The van der Waals surface area contributed by atoms with Gasteiger partial charge in [0.15, 0.2) is 0 Å². The molecule has 4 heteroatoms. The minimum Gasteiger partial charge on any atom is -0.372 e. The Morgan fingerprint density at radius 2 is 1.50 bits per heavy atom. The van der Waals surface area contributed by atoms with Crippen LogP contribution in [-0.2, 0) is 9.47 Å². The molecule has 0 rings (SSSR count). The van der Waals surface area contributed by atoms with Crippen LogP contribution in [0, 0.1) is 0 Å². The molecule has 0 heterocycles. The van der Waals surface area contributed by atoms with Crippen molar-refractivity contribution in [2.75, 3.05) is 58.4 Å². The number of likely N-dealkylation sites (N-methyl/N-ethyl adjacent to an activating group) is 1. The second-order valence-electron chi connectivity index (χ2n) is 4.56. The monoisotopic (exact) mass is 320 g/mol. The molecule has 3 nitrogen and oxygen atoms in total. The first-order valence-electron chi connectivity index (χ1n) is 6.45. The Labute approximate surface area is 120 Å². The van der Waals surface area contributed by atoms with E-state index in [1.807, 2.05) is 0 Å². The van der Waals surface area contributed by atoms with Crippen molar-refractivity contribution in [2.45, 2.75) is 6.42 Å². The number of hydrogen-bond acceptors (Lipinski definition) is 2. The summed E-state index contributed by atoms with van der Waals surface area (Å²) >= 11 is 3.49. The van der Waals surface area contributed by atoms with Gasteiger partial charge in [-0.05, 0) is 0 Å². The van der Waals surface area contributed by atoms with E-state index in [9.17, 15) is 0 Å². The first-order valence-corrected chi connectivity index (χ1v) is 7.57. The second-order valence-corrected chi connectivity index (χ2v) is 5.35. The van der Waals surface area contributed by atoms with Gasteiger partial charge in [0.1, 0.15) is 13.1 Å². The van der Waals surface area contributed by atoms with Crippen LogP contribution in [0.25, 0.3) is 0 Å². The number of quaternary nitrogens is 1. The molecule has 0 bridgehead atoms. The van der Waals surface area contributed by atoms with Crippen LogP contribution in [-0.4, -0.2) is 62.9 Å². The Kier molecular flexibility index (Phi) is 11.8. The van der Waals surface area contributed by atoms with E-state index in [1.54, 1.807) is 12.2 Å². The van der Waals surface area contributed by atoms with E-state index >= 15 is 0 Å². The molecule has 0 aromatic rings. The van der Waals surface area contributed by atoms with Crippen molar-refractivity contribution in [3.05, 3.63) is 25.3 Å². The largest absolute Gasteiger partial charge is 0.372 e. The summed E-state index contributed by atoms with van der Waals surface area (Å²) in [6, 6.07) is 0. The average Bonchev–Trinajstić information content (AvgIpc) is 2.38. The molecule has 0 unspecified atom stereocenters. The van der Waals surface area contributed by atoms with Crippen molar-refractivity contribution in [1.82, 2.24) is 0 Å². The summed E-state index contributed by atoms with van der Waals surface area (Å²) in [6.07, 6.45) is 4.74. The molecule has 106 valence electrons. The highest BCUT2D eigenvalue weighted by Crippen LogP contribution is 2.06. The third kappa shape index (κ3) is 9.83. The molecule has 0 atom stereocenters. The van der Waals surface area contributed by atoms with Gasteiger partial charge in [0.2, 0.25) is 0 Å². The van der Waals surface area contributed by atoms with Gasteiger partial charge < -0.3 is 14.0 Å². The molecule has 0 aliphatic rings. The molecule has 0 saturated heterocycles. The average molecular weight is 321 g/mol. The molecule has 0 aromatic carbocycles. The second kappa shape index (κ2) is 11.9. The number of rotatable bonds is 13. The van der Waals surface area contributed by atoms with E-state index in [4.69, 9.17) is 9.47 Å². The summed E-state index contributed by atoms with van der Waals surface area (Å²) in [6.45, 7) is 13.3.